The molecule has 0 bridgehead atoms. The lowest BCUT2D eigenvalue weighted by Crippen LogP contribution is -2.27. The normalized spacial score (nSPS) is 16.6. The van der Waals surface area contributed by atoms with Crippen LogP contribution in [0.1, 0.15) is 30.0 Å². The van der Waals surface area contributed by atoms with Crippen LogP contribution in [0.4, 0.5) is 13.2 Å². The molecule has 0 aromatic carbocycles. The van der Waals surface area contributed by atoms with E-state index in [4.69, 9.17) is 0 Å². The van der Waals surface area contributed by atoms with Gasteiger partial charge in [0.25, 0.3) is 0 Å². The highest BCUT2D eigenvalue weighted by Gasteiger charge is 2.31. The Morgan fingerprint density at radius 1 is 1.11 bits per heavy atom. The van der Waals surface area contributed by atoms with E-state index < -0.39 is 11.7 Å². The highest BCUT2D eigenvalue weighted by molar-refractivity contribution is 5.85. The fraction of sp³-hybridized carbons (Fsp3) is 0.545. The Bertz CT molecular complexity index is 348. The molecule has 1 aliphatic rings. The third kappa shape index (κ3) is 4.30. The molecular formula is C11H15Cl2F3N2. The van der Waals surface area contributed by atoms with Crippen molar-refractivity contribution in [1.29, 1.82) is 0 Å². The molecule has 0 spiro atoms. The number of nitrogens with zero attached hydrogens (tertiary/aromatic N) is 1. The lowest BCUT2D eigenvalue weighted by Gasteiger charge is -2.22. The molecule has 1 N–H and O–H groups in total. The minimum absolute atomic E-state index is 0. The Balaban J connectivity index is 0.00000144. The average molecular weight is 303 g/mol. The van der Waals surface area contributed by atoms with E-state index in [0.717, 1.165) is 43.9 Å². The van der Waals surface area contributed by atoms with Crippen molar-refractivity contribution >= 4 is 24.8 Å². The second kappa shape index (κ2) is 7.16. The zero-order valence-corrected chi connectivity index (χ0v) is 11.2. The van der Waals surface area contributed by atoms with Gasteiger partial charge in [-0.3, -0.25) is 4.98 Å². The Morgan fingerprint density at radius 3 is 2.17 bits per heavy atom. The second-order valence-corrected chi connectivity index (χ2v) is 3.99. The molecule has 1 aromatic heterocycles. The third-order valence-corrected chi connectivity index (χ3v) is 2.87. The molecule has 0 aliphatic carbocycles. The lowest BCUT2D eigenvalue weighted by atomic mass is 9.94. The predicted molar refractivity (Wildman–Crippen MR) is 68.6 cm³/mol. The van der Waals surface area contributed by atoms with Gasteiger partial charge in [-0.1, -0.05) is 0 Å². The Kier molecular flexibility index (Phi) is 6.96. The molecule has 2 rings (SSSR count). The summed E-state index contributed by atoms with van der Waals surface area (Å²) < 4.78 is 36.9. The van der Waals surface area contributed by atoms with Crippen LogP contribution in [0.5, 0.6) is 0 Å². The highest BCUT2D eigenvalue weighted by Crippen LogP contribution is 2.30. The van der Waals surface area contributed by atoms with Crippen molar-refractivity contribution in [2.24, 2.45) is 0 Å². The van der Waals surface area contributed by atoms with E-state index in [1.165, 1.54) is 6.07 Å². The third-order valence-electron chi connectivity index (χ3n) is 2.87. The molecule has 1 saturated heterocycles. The van der Waals surface area contributed by atoms with Crippen LogP contribution in [0.25, 0.3) is 0 Å². The molecule has 2 heterocycles. The minimum atomic E-state index is -4.29. The first-order valence-electron chi connectivity index (χ1n) is 5.31. The van der Waals surface area contributed by atoms with Crippen LogP contribution in [0.2, 0.25) is 0 Å². The molecule has 7 heteroatoms. The molecule has 18 heavy (non-hydrogen) atoms. The van der Waals surface area contributed by atoms with E-state index in [0.29, 0.717) is 5.92 Å². The number of aromatic nitrogens is 1. The summed E-state index contributed by atoms with van der Waals surface area (Å²) in [5.74, 6) is 0.295. The van der Waals surface area contributed by atoms with Gasteiger partial charge in [0.1, 0.15) is 0 Å². The van der Waals surface area contributed by atoms with E-state index in [-0.39, 0.29) is 24.8 Å². The molecule has 0 saturated carbocycles. The number of nitrogens with one attached hydrogen (secondary N) is 1. The van der Waals surface area contributed by atoms with Gasteiger partial charge >= 0.3 is 6.18 Å². The molecular weight excluding hydrogens is 288 g/mol. The van der Waals surface area contributed by atoms with E-state index in [2.05, 4.69) is 10.3 Å². The van der Waals surface area contributed by atoms with Crippen molar-refractivity contribution < 1.29 is 13.2 Å². The number of rotatable bonds is 1. The number of piperidine rings is 1. The predicted octanol–water partition coefficient (Wildman–Crippen LogP) is 3.41. The van der Waals surface area contributed by atoms with Crippen LogP contribution >= 0.6 is 24.8 Å². The van der Waals surface area contributed by atoms with Gasteiger partial charge in [0.15, 0.2) is 0 Å². The molecule has 104 valence electrons. The van der Waals surface area contributed by atoms with Crippen LogP contribution in [0.15, 0.2) is 18.3 Å². The van der Waals surface area contributed by atoms with Gasteiger partial charge in [0.05, 0.1) is 5.56 Å². The molecule has 1 aromatic rings. The average Bonchev–Trinajstić information content (AvgIpc) is 2.29. The Hall–Kier alpha value is -0.520. The van der Waals surface area contributed by atoms with Gasteiger partial charge in [-0.25, -0.2) is 0 Å². The van der Waals surface area contributed by atoms with Gasteiger partial charge in [-0.15, -0.1) is 24.8 Å². The summed E-state index contributed by atoms with van der Waals surface area (Å²) in [4.78, 5) is 3.92. The summed E-state index contributed by atoms with van der Waals surface area (Å²) in [5.41, 5.74) is 0.0969. The molecule has 1 aliphatic heterocycles. The highest BCUT2D eigenvalue weighted by atomic mass is 35.5. The first-order chi connectivity index (χ1) is 7.57. The summed E-state index contributed by atoms with van der Waals surface area (Å²) in [5, 5.41) is 3.21. The van der Waals surface area contributed by atoms with Gasteiger partial charge < -0.3 is 5.32 Å². The quantitative estimate of drug-likeness (QED) is 0.860. The van der Waals surface area contributed by atoms with Crippen molar-refractivity contribution in [2.75, 3.05) is 13.1 Å². The fourth-order valence-electron chi connectivity index (χ4n) is 1.93. The second-order valence-electron chi connectivity index (χ2n) is 3.99. The van der Waals surface area contributed by atoms with Gasteiger partial charge in [0.2, 0.25) is 0 Å². The molecule has 0 radical (unpaired) electrons. The molecule has 0 unspecified atom stereocenters. The summed E-state index contributed by atoms with van der Waals surface area (Å²) in [6, 6.07) is 2.61. The molecule has 0 atom stereocenters. The van der Waals surface area contributed by atoms with Crippen LogP contribution < -0.4 is 5.32 Å². The molecule has 2 nitrogen and oxygen atoms in total. The Morgan fingerprint density at radius 2 is 1.72 bits per heavy atom. The van der Waals surface area contributed by atoms with Crippen molar-refractivity contribution in [1.82, 2.24) is 10.3 Å². The topological polar surface area (TPSA) is 24.9 Å². The van der Waals surface area contributed by atoms with Crippen molar-refractivity contribution in [3.05, 3.63) is 29.6 Å². The zero-order chi connectivity index (χ0) is 11.6. The smallest absolute Gasteiger partial charge is 0.317 e. The van der Waals surface area contributed by atoms with E-state index in [1.54, 1.807) is 0 Å². The maximum atomic E-state index is 12.3. The first kappa shape index (κ1) is 17.5. The summed E-state index contributed by atoms with van der Waals surface area (Å²) in [6.07, 6.45) is -1.48. The SMILES string of the molecule is Cl.Cl.FC(F)(F)c1ccc(C2CCNCC2)nc1. The van der Waals surface area contributed by atoms with Crippen LogP contribution in [-0.4, -0.2) is 18.1 Å². The van der Waals surface area contributed by atoms with E-state index >= 15 is 0 Å². The van der Waals surface area contributed by atoms with E-state index in [9.17, 15) is 13.2 Å². The fourth-order valence-corrected chi connectivity index (χ4v) is 1.93. The van der Waals surface area contributed by atoms with Crippen LogP contribution in [0.3, 0.4) is 0 Å². The van der Waals surface area contributed by atoms with Gasteiger partial charge in [-0.2, -0.15) is 13.2 Å². The Labute approximate surface area is 116 Å². The maximum absolute atomic E-state index is 12.3. The summed E-state index contributed by atoms with van der Waals surface area (Å²) in [7, 11) is 0. The minimum Gasteiger partial charge on any atom is -0.317 e. The standard InChI is InChI=1S/C11H13F3N2.2ClH/c12-11(13,14)9-1-2-10(16-7-9)8-3-5-15-6-4-8;;/h1-2,7-8,15H,3-6H2;2*1H. The number of alkyl halides is 3. The first-order valence-corrected chi connectivity index (χ1v) is 5.31. The number of hydrogen-bond donors (Lipinski definition) is 1. The molecule has 0 amide bonds. The summed E-state index contributed by atoms with van der Waals surface area (Å²) in [6.45, 7) is 1.82. The van der Waals surface area contributed by atoms with Crippen LogP contribution in [0, 0.1) is 0 Å². The zero-order valence-electron chi connectivity index (χ0n) is 9.54. The van der Waals surface area contributed by atoms with Gasteiger partial charge in [-0.05, 0) is 38.1 Å². The van der Waals surface area contributed by atoms with Crippen molar-refractivity contribution in [3.63, 3.8) is 0 Å². The van der Waals surface area contributed by atoms with Crippen LogP contribution in [-0.2, 0) is 6.18 Å². The number of hydrogen-bond acceptors (Lipinski definition) is 2. The summed E-state index contributed by atoms with van der Waals surface area (Å²) >= 11 is 0. The largest absolute Gasteiger partial charge is 0.417 e. The van der Waals surface area contributed by atoms with Crippen molar-refractivity contribution in [3.8, 4) is 0 Å². The number of halogens is 5. The van der Waals surface area contributed by atoms with E-state index in [1.807, 2.05) is 0 Å². The lowest BCUT2D eigenvalue weighted by molar-refractivity contribution is -0.137. The monoisotopic (exact) mass is 302 g/mol. The van der Waals surface area contributed by atoms with Crippen molar-refractivity contribution in [2.45, 2.75) is 24.9 Å². The van der Waals surface area contributed by atoms with Gasteiger partial charge in [0, 0.05) is 17.8 Å². The maximum Gasteiger partial charge on any atom is 0.417 e. The molecule has 1 fully saturated rings. The number of pyridine rings is 1.